The first-order valence-corrected chi connectivity index (χ1v) is 11.2. The number of imidazole rings is 1. The number of ketones is 1. The lowest BCUT2D eigenvalue weighted by Crippen LogP contribution is -2.03. The second-order valence-electron chi connectivity index (χ2n) is 7.14. The molecular weight excluding hydrogens is 439 g/mol. The number of benzene rings is 2. The number of rotatable bonds is 10. The maximum atomic E-state index is 12.5. The van der Waals surface area contributed by atoms with E-state index in [1.165, 1.54) is 11.3 Å². The van der Waals surface area contributed by atoms with Gasteiger partial charge in [0.15, 0.2) is 10.9 Å². The number of aryl methyl sites for hydroxylation is 1. The van der Waals surface area contributed by atoms with Crippen molar-refractivity contribution in [3.05, 3.63) is 47.0 Å². The molecule has 2 aromatic heterocycles. The van der Waals surface area contributed by atoms with Crippen LogP contribution < -0.4 is 5.32 Å². The van der Waals surface area contributed by atoms with E-state index >= 15 is 0 Å². The summed E-state index contributed by atoms with van der Waals surface area (Å²) in [6.07, 6.45) is 1.39. The molecule has 0 saturated heterocycles. The molecule has 0 saturated carbocycles. The number of hydrogen-bond acceptors (Lipinski definition) is 6. The lowest BCUT2D eigenvalue weighted by atomic mass is 10.1. The maximum absolute atomic E-state index is 12.5. The van der Waals surface area contributed by atoms with Crippen LogP contribution in [-0.4, -0.2) is 40.2 Å². The molecule has 0 aliphatic carbocycles. The maximum Gasteiger partial charge on any atom is 0.209 e. The standard InChI is InChI=1S/C22H22ClFN4O2S/c1-28-18-8-5-14(19(29)4-2-10-30-11-3-9-24)12-17(18)25-21(28)27-22-26-16-7-6-15(23)13-20(16)31-22/h5-8,12-13H,2-4,9-11H2,1H3,(H,25,26,27). The summed E-state index contributed by atoms with van der Waals surface area (Å²) >= 11 is 7.56. The fourth-order valence-corrected chi connectivity index (χ4v) is 4.41. The number of ether oxygens (including phenoxy) is 1. The summed E-state index contributed by atoms with van der Waals surface area (Å²) in [7, 11) is 1.91. The molecule has 0 amide bonds. The Morgan fingerprint density at radius 2 is 2.00 bits per heavy atom. The number of aromatic nitrogens is 3. The Kier molecular flexibility index (Phi) is 6.80. The van der Waals surface area contributed by atoms with Gasteiger partial charge in [0, 0.05) is 37.3 Å². The van der Waals surface area contributed by atoms with Crippen molar-refractivity contribution in [3.8, 4) is 0 Å². The van der Waals surface area contributed by atoms with Gasteiger partial charge in [0.05, 0.1) is 27.9 Å². The molecule has 1 N–H and O–H groups in total. The Bertz CT molecular complexity index is 1220. The highest BCUT2D eigenvalue weighted by Gasteiger charge is 2.13. The molecular formula is C22H22ClFN4O2S. The number of nitrogens with one attached hydrogen (secondary N) is 1. The van der Waals surface area contributed by atoms with Crippen molar-refractivity contribution in [2.75, 3.05) is 25.2 Å². The fourth-order valence-electron chi connectivity index (χ4n) is 3.27. The molecule has 0 fully saturated rings. The van der Waals surface area contributed by atoms with Crippen molar-refractivity contribution in [1.82, 2.24) is 14.5 Å². The monoisotopic (exact) mass is 460 g/mol. The van der Waals surface area contributed by atoms with E-state index in [0.717, 1.165) is 26.4 Å². The summed E-state index contributed by atoms with van der Waals surface area (Å²) in [5.74, 6) is 0.685. The van der Waals surface area contributed by atoms with Crippen LogP contribution in [0.5, 0.6) is 0 Å². The molecule has 0 bridgehead atoms. The van der Waals surface area contributed by atoms with E-state index in [2.05, 4.69) is 15.3 Å². The number of carbonyl (C=O) groups is 1. The molecule has 4 rings (SSSR count). The van der Waals surface area contributed by atoms with Gasteiger partial charge in [0.25, 0.3) is 0 Å². The molecule has 2 heterocycles. The summed E-state index contributed by atoms with van der Waals surface area (Å²) in [5, 5.41) is 4.66. The van der Waals surface area contributed by atoms with E-state index in [4.69, 9.17) is 16.3 Å². The minimum Gasteiger partial charge on any atom is -0.381 e. The Hall–Kier alpha value is -2.55. The van der Waals surface area contributed by atoms with Crippen LogP contribution in [0.4, 0.5) is 15.5 Å². The average Bonchev–Trinajstić information content (AvgIpc) is 3.30. The SMILES string of the molecule is Cn1c(Nc2nc3ccc(Cl)cc3s2)nc2cc(C(=O)CCCOCCCF)ccc21. The lowest BCUT2D eigenvalue weighted by Gasteiger charge is -2.04. The van der Waals surface area contributed by atoms with Crippen LogP contribution in [0, 0.1) is 0 Å². The Labute approximate surface area is 188 Å². The van der Waals surface area contributed by atoms with Crippen molar-refractivity contribution in [3.63, 3.8) is 0 Å². The third kappa shape index (κ3) is 5.03. The summed E-state index contributed by atoms with van der Waals surface area (Å²) in [5.41, 5.74) is 3.14. The molecule has 0 aliphatic heterocycles. The molecule has 0 radical (unpaired) electrons. The highest BCUT2D eigenvalue weighted by molar-refractivity contribution is 7.22. The molecule has 6 nitrogen and oxygen atoms in total. The van der Waals surface area contributed by atoms with Gasteiger partial charge in [-0.2, -0.15) is 0 Å². The van der Waals surface area contributed by atoms with Gasteiger partial charge < -0.3 is 14.6 Å². The molecule has 0 spiro atoms. The third-order valence-corrected chi connectivity index (χ3v) is 6.06. The molecule has 0 unspecified atom stereocenters. The van der Waals surface area contributed by atoms with Crippen molar-refractivity contribution in [2.24, 2.45) is 7.05 Å². The second kappa shape index (κ2) is 9.72. The predicted molar refractivity (Wildman–Crippen MR) is 124 cm³/mol. The minimum absolute atomic E-state index is 0.0409. The molecule has 162 valence electrons. The van der Waals surface area contributed by atoms with Gasteiger partial charge in [0.1, 0.15) is 0 Å². The molecule has 31 heavy (non-hydrogen) atoms. The van der Waals surface area contributed by atoms with Crippen LogP contribution in [0.2, 0.25) is 5.02 Å². The molecule has 2 aromatic carbocycles. The Morgan fingerprint density at radius 1 is 1.16 bits per heavy atom. The summed E-state index contributed by atoms with van der Waals surface area (Å²) in [6.45, 7) is 0.467. The van der Waals surface area contributed by atoms with Crippen LogP contribution in [0.3, 0.4) is 0 Å². The molecule has 9 heteroatoms. The van der Waals surface area contributed by atoms with E-state index in [1.807, 2.05) is 48.0 Å². The van der Waals surface area contributed by atoms with E-state index < -0.39 is 0 Å². The van der Waals surface area contributed by atoms with Crippen LogP contribution in [0.15, 0.2) is 36.4 Å². The number of halogens is 2. The smallest absolute Gasteiger partial charge is 0.209 e. The molecule has 0 aliphatic rings. The first kappa shape index (κ1) is 21.7. The number of fused-ring (bicyclic) bond motifs is 2. The number of nitrogens with zero attached hydrogens (tertiary/aromatic N) is 3. The zero-order valence-corrected chi connectivity index (χ0v) is 18.6. The predicted octanol–water partition coefficient (Wildman–Crippen LogP) is 5.92. The van der Waals surface area contributed by atoms with Gasteiger partial charge in [-0.25, -0.2) is 9.97 Å². The minimum atomic E-state index is -0.382. The number of thiazole rings is 1. The van der Waals surface area contributed by atoms with Gasteiger partial charge in [0.2, 0.25) is 5.95 Å². The number of alkyl halides is 1. The van der Waals surface area contributed by atoms with Crippen molar-refractivity contribution in [2.45, 2.75) is 19.3 Å². The van der Waals surface area contributed by atoms with Gasteiger partial charge in [-0.15, -0.1) is 0 Å². The quantitative estimate of drug-likeness (QED) is 0.235. The van der Waals surface area contributed by atoms with Gasteiger partial charge in [-0.05, 0) is 49.2 Å². The average molecular weight is 461 g/mol. The van der Waals surface area contributed by atoms with E-state index in [-0.39, 0.29) is 12.5 Å². The van der Waals surface area contributed by atoms with Crippen molar-refractivity contribution < 1.29 is 13.9 Å². The van der Waals surface area contributed by atoms with E-state index in [0.29, 0.717) is 49.0 Å². The van der Waals surface area contributed by atoms with Crippen LogP contribution in [0.25, 0.3) is 21.3 Å². The summed E-state index contributed by atoms with van der Waals surface area (Å²) in [6, 6.07) is 11.1. The van der Waals surface area contributed by atoms with E-state index in [1.54, 1.807) is 0 Å². The summed E-state index contributed by atoms with van der Waals surface area (Å²) in [4.78, 5) is 21.7. The number of hydrogen-bond donors (Lipinski definition) is 1. The zero-order valence-electron chi connectivity index (χ0n) is 17.0. The van der Waals surface area contributed by atoms with Crippen LogP contribution in [0.1, 0.15) is 29.6 Å². The van der Waals surface area contributed by atoms with E-state index in [9.17, 15) is 9.18 Å². The first-order chi connectivity index (χ1) is 15.0. The van der Waals surface area contributed by atoms with Crippen LogP contribution >= 0.6 is 22.9 Å². The third-order valence-electron chi connectivity index (χ3n) is 4.89. The van der Waals surface area contributed by atoms with Gasteiger partial charge >= 0.3 is 0 Å². The van der Waals surface area contributed by atoms with Crippen molar-refractivity contribution in [1.29, 1.82) is 0 Å². The topological polar surface area (TPSA) is 69.0 Å². The summed E-state index contributed by atoms with van der Waals surface area (Å²) < 4.78 is 20.3. The van der Waals surface area contributed by atoms with Crippen LogP contribution in [-0.2, 0) is 11.8 Å². The first-order valence-electron chi connectivity index (χ1n) is 10.0. The molecule has 4 aromatic rings. The number of carbonyl (C=O) groups excluding carboxylic acids is 1. The lowest BCUT2D eigenvalue weighted by molar-refractivity contribution is 0.0930. The molecule has 0 atom stereocenters. The highest BCUT2D eigenvalue weighted by Crippen LogP contribution is 2.31. The normalized spacial score (nSPS) is 11.5. The number of Topliss-reactive ketones (excluding diaryl/α,β-unsaturated/α-hetero) is 1. The largest absolute Gasteiger partial charge is 0.381 e. The van der Waals surface area contributed by atoms with Gasteiger partial charge in [-0.3, -0.25) is 9.18 Å². The zero-order chi connectivity index (χ0) is 21.8. The number of anilines is 2. The van der Waals surface area contributed by atoms with Crippen molar-refractivity contribution >= 4 is 61.1 Å². The Morgan fingerprint density at radius 3 is 2.84 bits per heavy atom. The fraction of sp³-hybridized carbons (Fsp3) is 0.318. The van der Waals surface area contributed by atoms with Gasteiger partial charge in [-0.1, -0.05) is 22.9 Å². The highest BCUT2D eigenvalue weighted by atomic mass is 35.5. The Balaban J connectivity index is 1.46. The second-order valence-corrected chi connectivity index (χ2v) is 8.60.